The molecule has 158 valence electrons. The molecule has 31 heavy (non-hydrogen) atoms. The maximum Gasteiger partial charge on any atom is 0.417 e. The van der Waals surface area contributed by atoms with Crippen molar-refractivity contribution < 1.29 is 32.3 Å². The van der Waals surface area contributed by atoms with Crippen LogP contribution in [0, 0.1) is 0 Å². The van der Waals surface area contributed by atoms with Gasteiger partial charge >= 0.3 is 18.1 Å². The van der Waals surface area contributed by atoms with Crippen molar-refractivity contribution in [1.82, 2.24) is 4.98 Å². The van der Waals surface area contributed by atoms with Crippen LogP contribution < -0.4 is 5.32 Å². The summed E-state index contributed by atoms with van der Waals surface area (Å²) in [5, 5.41) is 12.8. The third-order valence-corrected chi connectivity index (χ3v) is 5.53. The lowest BCUT2D eigenvalue weighted by Gasteiger charge is -2.11. The second-order valence-electron chi connectivity index (χ2n) is 6.29. The monoisotopic (exact) mass is 466 g/mol. The minimum Gasteiger partial charge on any atom is -0.478 e. The number of rotatable bonds is 4. The molecule has 0 spiro atoms. The predicted molar refractivity (Wildman–Crippen MR) is 109 cm³/mol. The molecule has 4 aromatic rings. The summed E-state index contributed by atoms with van der Waals surface area (Å²) in [6.45, 7) is 0. The molecule has 0 saturated carbocycles. The number of alkyl halides is 3. The number of carbonyl (C=O) groups is 2. The number of hydrogen-bond acceptors (Lipinski definition) is 5. The van der Waals surface area contributed by atoms with Gasteiger partial charge in [0.25, 0.3) is 5.89 Å². The van der Waals surface area contributed by atoms with Crippen molar-refractivity contribution in [3.8, 4) is 11.1 Å². The Bertz CT molecular complexity index is 1300. The Morgan fingerprint density at radius 2 is 1.90 bits per heavy atom. The van der Waals surface area contributed by atoms with Gasteiger partial charge in [-0.3, -0.25) is 4.79 Å². The quantitative estimate of drug-likeness (QED) is 0.374. The number of benzene rings is 2. The van der Waals surface area contributed by atoms with Crippen LogP contribution in [0.5, 0.6) is 0 Å². The van der Waals surface area contributed by atoms with Crippen LogP contribution in [0.4, 0.5) is 18.2 Å². The highest BCUT2D eigenvalue weighted by atomic mass is 35.5. The Balaban J connectivity index is 1.71. The van der Waals surface area contributed by atoms with Gasteiger partial charge in [0.15, 0.2) is 5.58 Å². The zero-order chi connectivity index (χ0) is 22.3. The van der Waals surface area contributed by atoms with E-state index in [0.717, 1.165) is 23.5 Å². The zero-order valence-electron chi connectivity index (χ0n) is 15.2. The Labute approximate surface area is 180 Å². The molecule has 0 unspecified atom stereocenters. The summed E-state index contributed by atoms with van der Waals surface area (Å²) in [5.74, 6) is -2.50. The van der Waals surface area contributed by atoms with Crippen LogP contribution in [0.1, 0.15) is 26.6 Å². The Kier molecular flexibility index (Phi) is 5.19. The van der Waals surface area contributed by atoms with Crippen LogP contribution in [-0.2, 0) is 6.18 Å². The Morgan fingerprint density at radius 3 is 2.58 bits per heavy atom. The largest absolute Gasteiger partial charge is 0.478 e. The van der Waals surface area contributed by atoms with Gasteiger partial charge in [0.2, 0.25) is 0 Å². The van der Waals surface area contributed by atoms with Crippen LogP contribution >= 0.6 is 22.9 Å². The number of halogens is 4. The topological polar surface area (TPSA) is 92.4 Å². The first-order valence-corrected chi connectivity index (χ1v) is 9.79. The number of para-hydroxylation sites is 2. The van der Waals surface area contributed by atoms with Gasteiger partial charge in [-0.05, 0) is 29.8 Å². The summed E-state index contributed by atoms with van der Waals surface area (Å²) in [7, 11) is 0. The van der Waals surface area contributed by atoms with E-state index in [-0.39, 0.29) is 27.6 Å². The number of carbonyl (C=O) groups excluding carboxylic acids is 1. The zero-order valence-corrected chi connectivity index (χ0v) is 16.7. The number of aromatic carboxylic acids is 1. The maximum absolute atomic E-state index is 13.2. The molecule has 1 amide bonds. The number of anilines is 1. The van der Waals surface area contributed by atoms with E-state index in [0.29, 0.717) is 11.1 Å². The van der Waals surface area contributed by atoms with Crippen molar-refractivity contribution in [3.63, 3.8) is 0 Å². The minimum absolute atomic E-state index is 0.00673. The molecule has 6 nitrogen and oxygen atoms in total. The molecule has 2 N–H and O–H groups in total. The number of thiophene rings is 1. The first-order chi connectivity index (χ1) is 14.6. The van der Waals surface area contributed by atoms with Crippen LogP contribution in [0.3, 0.4) is 0 Å². The molecule has 0 atom stereocenters. The van der Waals surface area contributed by atoms with Gasteiger partial charge in [0.1, 0.15) is 16.1 Å². The fourth-order valence-electron chi connectivity index (χ4n) is 2.91. The molecular weight excluding hydrogens is 457 g/mol. The van der Waals surface area contributed by atoms with Gasteiger partial charge in [-0.15, -0.1) is 11.3 Å². The molecule has 2 heterocycles. The molecule has 0 aliphatic rings. The van der Waals surface area contributed by atoms with Gasteiger partial charge in [-0.25, -0.2) is 9.78 Å². The molecule has 0 radical (unpaired) electrons. The predicted octanol–water partition coefficient (Wildman–Crippen LogP) is 6.18. The van der Waals surface area contributed by atoms with E-state index in [1.165, 1.54) is 11.4 Å². The van der Waals surface area contributed by atoms with Crippen LogP contribution in [0.15, 0.2) is 52.3 Å². The number of hydrogen-bond donors (Lipinski definition) is 2. The van der Waals surface area contributed by atoms with Gasteiger partial charge in [0.05, 0.1) is 10.6 Å². The van der Waals surface area contributed by atoms with E-state index in [4.69, 9.17) is 16.0 Å². The third-order valence-electron chi connectivity index (χ3n) is 4.30. The van der Waals surface area contributed by atoms with E-state index in [2.05, 4.69) is 10.3 Å². The van der Waals surface area contributed by atoms with Crippen LogP contribution in [0.2, 0.25) is 5.02 Å². The summed E-state index contributed by atoms with van der Waals surface area (Å²) in [6, 6.07) is 9.75. The van der Waals surface area contributed by atoms with Crippen molar-refractivity contribution >= 4 is 50.9 Å². The normalized spacial score (nSPS) is 11.6. The second-order valence-corrected chi connectivity index (χ2v) is 7.58. The standard InChI is InChI=1S/C20H10ClF3N2O4S/c21-12-6-5-9(7-11(12)20(22,23)24)10-8-31-18(15(10)19(28)29)26-16(27)17-25-13-3-1-2-4-14(13)30-17/h1-8H,(H,26,27)(H,28,29). The lowest BCUT2D eigenvalue weighted by atomic mass is 10.0. The average molecular weight is 467 g/mol. The van der Waals surface area contributed by atoms with E-state index >= 15 is 0 Å². The Morgan fingerprint density at radius 1 is 1.16 bits per heavy atom. The summed E-state index contributed by atoms with van der Waals surface area (Å²) < 4.78 is 44.9. The lowest BCUT2D eigenvalue weighted by molar-refractivity contribution is -0.137. The Hall–Kier alpha value is -3.37. The highest BCUT2D eigenvalue weighted by molar-refractivity contribution is 7.15. The van der Waals surface area contributed by atoms with Crippen molar-refractivity contribution in [1.29, 1.82) is 0 Å². The number of nitrogens with zero attached hydrogens (tertiary/aromatic N) is 1. The van der Waals surface area contributed by atoms with Gasteiger partial charge in [0, 0.05) is 10.9 Å². The molecule has 0 bridgehead atoms. The number of fused-ring (bicyclic) bond motifs is 1. The van der Waals surface area contributed by atoms with Crippen LogP contribution in [-0.4, -0.2) is 22.0 Å². The van der Waals surface area contributed by atoms with E-state index in [9.17, 15) is 27.9 Å². The first kappa shape index (κ1) is 20.9. The molecule has 0 fully saturated rings. The number of oxazole rings is 1. The summed E-state index contributed by atoms with van der Waals surface area (Å²) in [6.07, 6.45) is -4.71. The molecule has 0 aliphatic carbocycles. The lowest BCUT2D eigenvalue weighted by Crippen LogP contribution is -2.14. The van der Waals surface area contributed by atoms with Gasteiger partial charge < -0.3 is 14.8 Å². The number of carboxylic acid groups (broad SMARTS) is 1. The maximum atomic E-state index is 13.2. The fraction of sp³-hybridized carbons (Fsp3) is 0.0500. The summed E-state index contributed by atoms with van der Waals surface area (Å²) >= 11 is 6.49. The summed E-state index contributed by atoms with van der Waals surface area (Å²) in [4.78, 5) is 28.4. The van der Waals surface area contributed by atoms with Crippen molar-refractivity contribution in [2.75, 3.05) is 5.32 Å². The average Bonchev–Trinajstić information content (AvgIpc) is 3.31. The van der Waals surface area contributed by atoms with Crippen LogP contribution in [0.25, 0.3) is 22.2 Å². The highest BCUT2D eigenvalue weighted by Crippen LogP contribution is 2.41. The third kappa shape index (κ3) is 3.99. The molecule has 2 aromatic carbocycles. The second kappa shape index (κ2) is 7.71. The molecule has 0 saturated heterocycles. The molecule has 2 aromatic heterocycles. The first-order valence-electron chi connectivity index (χ1n) is 8.54. The van der Waals surface area contributed by atoms with E-state index in [1.54, 1.807) is 24.3 Å². The minimum atomic E-state index is -4.71. The fourth-order valence-corrected chi connectivity index (χ4v) is 4.09. The molecule has 0 aliphatic heterocycles. The van der Waals surface area contributed by atoms with E-state index in [1.807, 2.05) is 0 Å². The molecular formula is C20H10ClF3N2O4S. The summed E-state index contributed by atoms with van der Waals surface area (Å²) in [5.41, 5.74) is -0.630. The molecule has 11 heteroatoms. The number of aromatic nitrogens is 1. The number of nitrogens with one attached hydrogen (secondary N) is 1. The van der Waals surface area contributed by atoms with E-state index < -0.39 is 28.6 Å². The van der Waals surface area contributed by atoms with Crippen molar-refractivity contribution in [2.24, 2.45) is 0 Å². The van der Waals surface area contributed by atoms with Crippen molar-refractivity contribution in [2.45, 2.75) is 6.18 Å². The number of amides is 1. The highest BCUT2D eigenvalue weighted by Gasteiger charge is 2.34. The smallest absolute Gasteiger partial charge is 0.417 e. The SMILES string of the molecule is O=C(Nc1scc(-c2ccc(Cl)c(C(F)(F)F)c2)c1C(=O)O)c1nc2ccccc2o1. The van der Waals surface area contributed by atoms with Gasteiger partial charge in [-0.2, -0.15) is 13.2 Å². The van der Waals surface area contributed by atoms with Gasteiger partial charge in [-0.1, -0.05) is 29.8 Å². The van der Waals surface area contributed by atoms with Crippen molar-refractivity contribution in [3.05, 3.63) is 69.9 Å². The molecule has 4 rings (SSSR count). The number of carboxylic acids is 1.